The normalized spacial score (nSPS) is 16.6. The third-order valence-corrected chi connectivity index (χ3v) is 3.20. The fourth-order valence-corrected chi connectivity index (χ4v) is 2.31. The topological polar surface area (TPSA) is 28.3 Å². The molecule has 2 aromatic carbocycles. The van der Waals surface area contributed by atoms with Gasteiger partial charge in [-0.05, 0) is 12.1 Å². The van der Waals surface area contributed by atoms with Crippen LogP contribution >= 0.6 is 0 Å². The first-order valence-electron chi connectivity index (χ1n) is 5.75. The molecular weight excluding hydrogens is 210 g/mol. The second-order valence-electron chi connectivity index (χ2n) is 4.34. The molecule has 1 aromatic heterocycles. The van der Waals surface area contributed by atoms with Crippen molar-refractivity contribution in [3.8, 4) is 0 Å². The number of para-hydroxylation sites is 2. The highest BCUT2D eigenvalue weighted by atomic mass is 16.6. The molecule has 0 aliphatic carbocycles. The van der Waals surface area contributed by atoms with Gasteiger partial charge in [0.05, 0.1) is 5.52 Å². The molecule has 2 heteroatoms. The number of benzene rings is 2. The number of hydrogen-bond donors (Lipinski definition) is 1. The highest BCUT2D eigenvalue weighted by molar-refractivity contribution is 6.09. The van der Waals surface area contributed by atoms with Gasteiger partial charge in [-0.1, -0.05) is 36.4 Å². The molecule has 0 spiro atoms. The maximum atomic E-state index is 5.18. The van der Waals surface area contributed by atoms with E-state index in [1.54, 1.807) is 0 Å². The van der Waals surface area contributed by atoms with Gasteiger partial charge in [-0.25, -0.2) is 0 Å². The van der Waals surface area contributed by atoms with Crippen LogP contribution < -0.4 is 0 Å². The largest absolute Gasteiger partial charge is 0.486 e. The zero-order chi connectivity index (χ0) is 11.2. The van der Waals surface area contributed by atoms with Crippen molar-refractivity contribution in [1.82, 2.24) is 4.98 Å². The quantitative estimate of drug-likeness (QED) is 0.623. The van der Waals surface area contributed by atoms with Crippen molar-refractivity contribution in [1.29, 1.82) is 0 Å². The molecule has 0 saturated carbocycles. The number of aromatic amines is 1. The molecule has 1 fully saturated rings. The summed E-state index contributed by atoms with van der Waals surface area (Å²) in [6, 6.07) is 14.8. The average molecular weight is 221 g/mol. The zero-order valence-corrected chi connectivity index (χ0v) is 9.23. The fourth-order valence-electron chi connectivity index (χ4n) is 2.31. The van der Waals surface area contributed by atoms with E-state index in [2.05, 4.69) is 53.5 Å². The van der Waals surface area contributed by atoms with Crippen molar-refractivity contribution in [3.05, 3.63) is 53.8 Å². The number of fused-ring (bicyclic) bond motifs is 3. The lowest BCUT2D eigenvalue weighted by Gasteiger charge is -1.95. The number of epoxide rings is 1. The minimum absolute atomic E-state index is 0.774. The van der Waals surface area contributed by atoms with E-state index in [4.69, 9.17) is 4.74 Å². The Labute approximate surface area is 98.5 Å². The number of ether oxygens (including phenoxy) is 1. The smallest absolute Gasteiger partial charge is 0.145 e. The predicted octanol–water partition coefficient (Wildman–Crippen LogP) is 3.69. The van der Waals surface area contributed by atoms with Crippen molar-refractivity contribution in [2.24, 2.45) is 0 Å². The number of hydrogen-bond acceptors (Lipinski definition) is 1. The van der Waals surface area contributed by atoms with Crippen LogP contribution in [0.4, 0.5) is 0 Å². The average Bonchev–Trinajstić information content (AvgIpc) is 3.08. The van der Waals surface area contributed by atoms with Gasteiger partial charge in [0.2, 0.25) is 0 Å². The number of aromatic nitrogens is 1. The fraction of sp³-hybridized carbons (Fsp3) is 0.0667. The van der Waals surface area contributed by atoms with Gasteiger partial charge in [0.1, 0.15) is 12.4 Å². The van der Waals surface area contributed by atoms with Crippen LogP contribution in [0.15, 0.2) is 48.2 Å². The van der Waals surface area contributed by atoms with Crippen molar-refractivity contribution in [2.45, 2.75) is 0 Å². The van der Waals surface area contributed by atoms with Gasteiger partial charge in [0.25, 0.3) is 0 Å². The molecule has 0 radical (unpaired) electrons. The van der Waals surface area contributed by atoms with Crippen molar-refractivity contribution in [3.63, 3.8) is 0 Å². The Kier molecular flexibility index (Phi) is 1.64. The molecular formula is C15H11NO. The van der Waals surface area contributed by atoms with Crippen molar-refractivity contribution in [2.75, 3.05) is 6.61 Å². The summed E-state index contributed by atoms with van der Waals surface area (Å²) >= 11 is 0. The van der Waals surface area contributed by atoms with E-state index in [0.717, 1.165) is 12.4 Å². The third-order valence-electron chi connectivity index (χ3n) is 3.20. The Hall–Kier alpha value is -2.22. The lowest BCUT2D eigenvalue weighted by molar-refractivity contribution is 0.512. The van der Waals surface area contributed by atoms with Gasteiger partial charge in [0, 0.05) is 21.9 Å². The first kappa shape index (κ1) is 8.88. The van der Waals surface area contributed by atoms with E-state index >= 15 is 0 Å². The van der Waals surface area contributed by atoms with Gasteiger partial charge in [-0.2, -0.15) is 0 Å². The molecule has 1 aliphatic rings. The summed E-state index contributed by atoms with van der Waals surface area (Å²) in [5.74, 6) is 1.07. The minimum atomic E-state index is 0.774. The summed E-state index contributed by atoms with van der Waals surface area (Å²) in [4.78, 5) is 3.48. The molecule has 3 aromatic rings. The van der Waals surface area contributed by atoms with E-state index < -0.39 is 0 Å². The lowest BCUT2D eigenvalue weighted by atomic mass is 10.1. The molecule has 82 valence electrons. The van der Waals surface area contributed by atoms with Crippen LogP contribution in [0.1, 0.15) is 5.56 Å². The molecule has 2 nitrogen and oxygen atoms in total. The zero-order valence-electron chi connectivity index (χ0n) is 9.23. The van der Waals surface area contributed by atoms with E-state index in [1.807, 2.05) is 0 Å². The van der Waals surface area contributed by atoms with E-state index in [0.29, 0.717) is 0 Å². The summed E-state index contributed by atoms with van der Waals surface area (Å²) in [6.45, 7) is 0.774. The molecule has 17 heavy (non-hydrogen) atoms. The Morgan fingerprint density at radius 1 is 1.00 bits per heavy atom. The maximum absolute atomic E-state index is 5.18. The SMILES string of the molecule is C(=C1CO1)c1cccc2c1[nH]c1ccccc12. The van der Waals surface area contributed by atoms with Crippen LogP contribution in [-0.2, 0) is 4.74 Å². The van der Waals surface area contributed by atoms with Crippen molar-refractivity contribution >= 4 is 27.9 Å². The maximum Gasteiger partial charge on any atom is 0.145 e. The lowest BCUT2D eigenvalue weighted by Crippen LogP contribution is -1.75. The number of nitrogens with one attached hydrogen (secondary N) is 1. The van der Waals surface area contributed by atoms with E-state index in [9.17, 15) is 0 Å². The molecule has 2 heterocycles. The molecule has 1 N–H and O–H groups in total. The van der Waals surface area contributed by atoms with Crippen molar-refractivity contribution < 1.29 is 4.74 Å². The first-order valence-corrected chi connectivity index (χ1v) is 5.75. The monoisotopic (exact) mass is 221 g/mol. The summed E-state index contributed by atoms with van der Waals surface area (Å²) in [5.41, 5.74) is 3.58. The Bertz CT molecular complexity index is 746. The van der Waals surface area contributed by atoms with Crippen LogP contribution in [0.5, 0.6) is 0 Å². The highest BCUT2D eigenvalue weighted by Gasteiger charge is 2.14. The molecule has 0 amide bonds. The van der Waals surface area contributed by atoms with Crippen LogP contribution in [0.3, 0.4) is 0 Å². The second-order valence-corrected chi connectivity index (χ2v) is 4.34. The molecule has 1 aliphatic heterocycles. The summed E-state index contributed by atoms with van der Waals surface area (Å²) in [7, 11) is 0. The Balaban J connectivity index is 2.12. The third kappa shape index (κ3) is 1.34. The van der Waals surface area contributed by atoms with Gasteiger partial charge >= 0.3 is 0 Å². The highest BCUT2D eigenvalue weighted by Crippen LogP contribution is 2.29. The van der Waals surface area contributed by atoms with Gasteiger partial charge in [-0.3, -0.25) is 0 Å². The number of rotatable bonds is 1. The molecule has 0 unspecified atom stereocenters. The van der Waals surface area contributed by atoms with Crippen LogP contribution in [0, 0.1) is 0 Å². The summed E-state index contributed by atoms with van der Waals surface area (Å²) in [6.07, 6.45) is 2.11. The molecule has 0 bridgehead atoms. The van der Waals surface area contributed by atoms with Gasteiger partial charge < -0.3 is 9.72 Å². The van der Waals surface area contributed by atoms with E-state index in [1.165, 1.54) is 27.4 Å². The summed E-state index contributed by atoms with van der Waals surface area (Å²) < 4.78 is 5.18. The second kappa shape index (κ2) is 3.14. The Morgan fingerprint density at radius 2 is 1.82 bits per heavy atom. The predicted molar refractivity (Wildman–Crippen MR) is 69.7 cm³/mol. The van der Waals surface area contributed by atoms with Crippen LogP contribution in [-0.4, -0.2) is 11.6 Å². The molecule has 4 rings (SSSR count). The minimum Gasteiger partial charge on any atom is -0.486 e. The first-order chi connectivity index (χ1) is 8.42. The van der Waals surface area contributed by atoms with E-state index in [-0.39, 0.29) is 0 Å². The molecule has 1 saturated heterocycles. The Morgan fingerprint density at radius 3 is 2.71 bits per heavy atom. The van der Waals surface area contributed by atoms with Gasteiger partial charge in [-0.15, -0.1) is 0 Å². The number of H-pyrrole nitrogens is 1. The molecule has 0 atom stereocenters. The van der Waals surface area contributed by atoms with Crippen LogP contribution in [0.25, 0.3) is 27.9 Å². The summed E-state index contributed by atoms with van der Waals surface area (Å²) in [5, 5.41) is 2.55. The van der Waals surface area contributed by atoms with Gasteiger partial charge in [0.15, 0.2) is 0 Å². The standard InChI is InChI=1S/C15H11NO/c1-2-7-14-12(5-1)13-6-3-4-10(15(13)16-14)8-11-9-17-11/h1-8,16H,9H2. The van der Waals surface area contributed by atoms with Crippen LogP contribution in [0.2, 0.25) is 0 Å².